The maximum Gasteiger partial charge on any atom is 0.119 e. The third-order valence-corrected chi connectivity index (χ3v) is 3.30. The van der Waals surface area contributed by atoms with Crippen LogP contribution in [0.5, 0.6) is 5.75 Å². The van der Waals surface area contributed by atoms with E-state index in [4.69, 9.17) is 4.74 Å². The van der Waals surface area contributed by atoms with E-state index in [9.17, 15) is 0 Å². The summed E-state index contributed by atoms with van der Waals surface area (Å²) in [5.41, 5.74) is 2.47. The lowest BCUT2D eigenvalue weighted by molar-refractivity contribution is 0.305. The molecule has 0 aromatic heterocycles. The molecule has 1 N–H and O–H groups in total. The zero-order valence-electron chi connectivity index (χ0n) is 12.1. The molecule has 0 saturated heterocycles. The smallest absolute Gasteiger partial charge is 0.119 e. The Hall–Kier alpha value is -1.80. The summed E-state index contributed by atoms with van der Waals surface area (Å²) in [6, 6.07) is 18.7. The fourth-order valence-electron chi connectivity index (χ4n) is 2.14. The van der Waals surface area contributed by atoms with Crippen molar-refractivity contribution in [1.29, 1.82) is 0 Å². The van der Waals surface area contributed by atoms with E-state index in [0.29, 0.717) is 0 Å². The molecule has 2 aromatic rings. The normalized spacial score (nSPS) is 10.4. The van der Waals surface area contributed by atoms with Crippen LogP contribution >= 0.6 is 0 Å². The summed E-state index contributed by atoms with van der Waals surface area (Å²) in [5.74, 6) is 0.957. The van der Waals surface area contributed by atoms with Gasteiger partial charge in [0.15, 0.2) is 0 Å². The monoisotopic (exact) mass is 269 g/mol. The van der Waals surface area contributed by atoms with Crippen molar-refractivity contribution in [1.82, 2.24) is 5.32 Å². The Morgan fingerprint density at radius 2 is 1.50 bits per heavy atom. The Bertz CT molecular complexity index is 479. The van der Waals surface area contributed by atoms with Gasteiger partial charge in [-0.25, -0.2) is 0 Å². The predicted molar refractivity (Wildman–Crippen MR) is 85.2 cm³/mol. The lowest BCUT2D eigenvalue weighted by atomic mass is 10.1. The highest BCUT2D eigenvalue weighted by molar-refractivity contribution is 5.63. The van der Waals surface area contributed by atoms with Gasteiger partial charge in [0.2, 0.25) is 0 Å². The molecule has 0 spiro atoms. The van der Waals surface area contributed by atoms with E-state index < -0.39 is 0 Å². The minimum absolute atomic E-state index is 0.800. The van der Waals surface area contributed by atoms with Crippen LogP contribution < -0.4 is 10.1 Å². The Kier molecular flexibility index (Phi) is 6.12. The molecule has 20 heavy (non-hydrogen) atoms. The van der Waals surface area contributed by atoms with E-state index in [-0.39, 0.29) is 0 Å². The first-order valence-electron chi connectivity index (χ1n) is 7.33. The van der Waals surface area contributed by atoms with Gasteiger partial charge in [-0.05, 0) is 56.1 Å². The molecular weight excluding hydrogens is 246 g/mol. The second-order valence-corrected chi connectivity index (χ2v) is 4.90. The van der Waals surface area contributed by atoms with Crippen LogP contribution in [-0.2, 0) is 0 Å². The maximum absolute atomic E-state index is 5.76. The van der Waals surface area contributed by atoms with E-state index in [1.807, 2.05) is 13.1 Å². The molecule has 0 unspecified atom stereocenters. The molecular formula is C18H23NO. The van der Waals surface area contributed by atoms with Gasteiger partial charge in [0, 0.05) is 0 Å². The average Bonchev–Trinajstić information content (AvgIpc) is 2.52. The average molecular weight is 269 g/mol. The summed E-state index contributed by atoms with van der Waals surface area (Å²) in [4.78, 5) is 0. The molecule has 0 heterocycles. The molecule has 2 rings (SSSR count). The van der Waals surface area contributed by atoms with E-state index in [2.05, 4.69) is 53.8 Å². The minimum Gasteiger partial charge on any atom is -0.494 e. The third-order valence-electron chi connectivity index (χ3n) is 3.30. The van der Waals surface area contributed by atoms with Crippen LogP contribution in [0.2, 0.25) is 0 Å². The third kappa shape index (κ3) is 4.71. The number of nitrogens with one attached hydrogen (secondary N) is 1. The van der Waals surface area contributed by atoms with Gasteiger partial charge in [0.05, 0.1) is 6.61 Å². The Labute approximate surface area is 121 Å². The van der Waals surface area contributed by atoms with Crippen LogP contribution in [0.15, 0.2) is 54.6 Å². The van der Waals surface area contributed by atoms with Crippen LogP contribution in [0.25, 0.3) is 11.1 Å². The van der Waals surface area contributed by atoms with Crippen molar-refractivity contribution >= 4 is 0 Å². The highest BCUT2D eigenvalue weighted by atomic mass is 16.5. The molecule has 0 fully saturated rings. The standard InChI is InChI=1S/C18H23NO/c1-19-14-6-3-7-15-20-18-12-10-17(11-13-18)16-8-4-2-5-9-16/h2,4-5,8-13,19H,3,6-7,14-15H2,1H3. The van der Waals surface area contributed by atoms with Crippen molar-refractivity contribution < 1.29 is 4.74 Å². The summed E-state index contributed by atoms with van der Waals surface area (Å²) in [5, 5.41) is 3.16. The van der Waals surface area contributed by atoms with Gasteiger partial charge in [0.1, 0.15) is 5.75 Å². The van der Waals surface area contributed by atoms with Gasteiger partial charge in [-0.2, -0.15) is 0 Å². The Morgan fingerprint density at radius 3 is 2.20 bits per heavy atom. The van der Waals surface area contributed by atoms with Crippen molar-refractivity contribution in [3.05, 3.63) is 54.6 Å². The highest BCUT2D eigenvalue weighted by Gasteiger charge is 1.98. The first kappa shape index (κ1) is 14.6. The molecule has 0 aliphatic heterocycles. The number of unbranched alkanes of at least 4 members (excludes halogenated alkanes) is 2. The summed E-state index contributed by atoms with van der Waals surface area (Å²) in [6.45, 7) is 1.89. The zero-order valence-corrected chi connectivity index (χ0v) is 12.1. The summed E-state index contributed by atoms with van der Waals surface area (Å²) >= 11 is 0. The fraction of sp³-hybridized carbons (Fsp3) is 0.333. The van der Waals surface area contributed by atoms with Crippen molar-refractivity contribution in [2.24, 2.45) is 0 Å². The molecule has 0 bridgehead atoms. The summed E-state index contributed by atoms with van der Waals surface area (Å²) in [7, 11) is 1.99. The van der Waals surface area contributed by atoms with Crippen LogP contribution in [0.1, 0.15) is 19.3 Å². The van der Waals surface area contributed by atoms with E-state index in [1.165, 1.54) is 24.0 Å². The molecule has 0 aliphatic carbocycles. The molecule has 2 heteroatoms. The van der Waals surface area contributed by atoms with Crippen molar-refractivity contribution in [2.45, 2.75) is 19.3 Å². The SMILES string of the molecule is CNCCCCCOc1ccc(-c2ccccc2)cc1. The largest absolute Gasteiger partial charge is 0.494 e. The van der Waals surface area contributed by atoms with E-state index in [0.717, 1.165) is 25.3 Å². The summed E-state index contributed by atoms with van der Waals surface area (Å²) in [6.07, 6.45) is 3.54. The maximum atomic E-state index is 5.76. The highest BCUT2D eigenvalue weighted by Crippen LogP contribution is 2.22. The molecule has 106 valence electrons. The van der Waals surface area contributed by atoms with Crippen molar-refractivity contribution in [3.8, 4) is 16.9 Å². The van der Waals surface area contributed by atoms with E-state index in [1.54, 1.807) is 0 Å². The summed E-state index contributed by atoms with van der Waals surface area (Å²) < 4.78 is 5.76. The molecule has 0 amide bonds. The van der Waals surface area contributed by atoms with Crippen molar-refractivity contribution in [3.63, 3.8) is 0 Å². The molecule has 0 aliphatic rings. The molecule has 0 saturated carbocycles. The lowest BCUT2D eigenvalue weighted by Crippen LogP contribution is -2.07. The lowest BCUT2D eigenvalue weighted by Gasteiger charge is -2.07. The van der Waals surface area contributed by atoms with Crippen LogP contribution in [-0.4, -0.2) is 20.2 Å². The van der Waals surface area contributed by atoms with Gasteiger partial charge in [-0.15, -0.1) is 0 Å². The Balaban J connectivity index is 1.77. The molecule has 0 radical (unpaired) electrons. The molecule has 0 atom stereocenters. The van der Waals surface area contributed by atoms with Gasteiger partial charge in [-0.3, -0.25) is 0 Å². The van der Waals surface area contributed by atoms with Crippen molar-refractivity contribution in [2.75, 3.05) is 20.2 Å². The van der Waals surface area contributed by atoms with Crippen LogP contribution in [0.3, 0.4) is 0 Å². The Morgan fingerprint density at radius 1 is 0.800 bits per heavy atom. The molecule has 2 aromatic carbocycles. The zero-order chi connectivity index (χ0) is 14.0. The fourth-order valence-corrected chi connectivity index (χ4v) is 2.14. The first-order valence-corrected chi connectivity index (χ1v) is 7.33. The van der Waals surface area contributed by atoms with Crippen LogP contribution in [0.4, 0.5) is 0 Å². The number of benzene rings is 2. The number of rotatable bonds is 8. The second kappa shape index (κ2) is 8.39. The predicted octanol–water partition coefficient (Wildman–Crippen LogP) is 4.12. The first-order chi connectivity index (χ1) is 9.90. The number of hydrogen-bond donors (Lipinski definition) is 1. The number of hydrogen-bond acceptors (Lipinski definition) is 2. The van der Waals surface area contributed by atoms with Gasteiger partial charge in [0.25, 0.3) is 0 Å². The second-order valence-electron chi connectivity index (χ2n) is 4.90. The quantitative estimate of drug-likeness (QED) is 0.728. The molecule has 2 nitrogen and oxygen atoms in total. The van der Waals surface area contributed by atoms with Crippen LogP contribution in [0, 0.1) is 0 Å². The van der Waals surface area contributed by atoms with Gasteiger partial charge >= 0.3 is 0 Å². The van der Waals surface area contributed by atoms with E-state index >= 15 is 0 Å². The topological polar surface area (TPSA) is 21.3 Å². The number of ether oxygens (including phenoxy) is 1. The minimum atomic E-state index is 0.800. The van der Waals surface area contributed by atoms with Gasteiger partial charge in [-0.1, -0.05) is 42.5 Å². The van der Waals surface area contributed by atoms with Gasteiger partial charge < -0.3 is 10.1 Å².